The molecule has 74 valence electrons. The lowest BCUT2D eigenvalue weighted by atomic mass is 10.5. The molecule has 0 saturated heterocycles. The van der Waals surface area contributed by atoms with Crippen LogP contribution in [-0.2, 0) is 6.54 Å². The molecule has 2 rings (SSSR count). The summed E-state index contributed by atoms with van der Waals surface area (Å²) in [6, 6.07) is 0. The molecule has 0 unspecified atom stereocenters. The first-order chi connectivity index (χ1) is 6.79. The largest absolute Gasteiger partial charge is 0.365 e. The molecular formula is C7H8BrN5S. The number of nitrogens with zero attached hydrogens (tertiary/aromatic N) is 4. The fourth-order valence-corrected chi connectivity index (χ4v) is 1.95. The summed E-state index contributed by atoms with van der Waals surface area (Å²) in [6.07, 6.45) is 1.66. The maximum Gasteiger partial charge on any atom is 0.182 e. The average Bonchev–Trinajstić information content (AvgIpc) is 2.77. The number of thiazole rings is 1. The second kappa shape index (κ2) is 4.05. The van der Waals surface area contributed by atoms with Gasteiger partial charge in [-0.05, 0) is 15.9 Å². The number of hydrogen-bond acceptors (Lipinski definition) is 5. The van der Waals surface area contributed by atoms with E-state index in [1.165, 1.54) is 0 Å². The number of aromatic nitrogens is 4. The summed E-state index contributed by atoms with van der Waals surface area (Å²) >= 11 is 4.92. The van der Waals surface area contributed by atoms with Crippen LogP contribution < -0.4 is 5.32 Å². The van der Waals surface area contributed by atoms with E-state index in [-0.39, 0.29) is 0 Å². The van der Waals surface area contributed by atoms with Gasteiger partial charge in [-0.1, -0.05) is 5.21 Å². The third-order valence-electron chi connectivity index (χ3n) is 1.65. The van der Waals surface area contributed by atoms with E-state index in [1.54, 1.807) is 22.2 Å². The predicted molar refractivity (Wildman–Crippen MR) is 58.5 cm³/mol. The van der Waals surface area contributed by atoms with Gasteiger partial charge in [0.15, 0.2) is 5.13 Å². The lowest BCUT2D eigenvalue weighted by Crippen LogP contribution is -2.02. The Morgan fingerprint density at radius 2 is 2.50 bits per heavy atom. The van der Waals surface area contributed by atoms with E-state index >= 15 is 0 Å². The number of anilines is 1. The van der Waals surface area contributed by atoms with Gasteiger partial charge in [0.1, 0.15) is 4.60 Å². The molecule has 0 saturated carbocycles. The van der Waals surface area contributed by atoms with Gasteiger partial charge in [-0.2, -0.15) is 0 Å². The van der Waals surface area contributed by atoms with E-state index in [2.05, 4.69) is 36.5 Å². The predicted octanol–water partition coefficient (Wildman–Crippen LogP) is 1.59. The van der Waals surface area contributed by atoms with Crippen LogP contribution in [0.3, 0.4) is 0 Å². The summed E-state index contributed by atoms with van der Waals surface area (Å²) in [5.41, 5.74) is 0.977. The molecule has 0 spiro atoms. The van der Waals surface area contributed by atoms with Crippen molar-refractivity contribution in [3.8, 4) is 0 Å². The number of rotatable bonds is 3. The van der Waals surface area contributed by atoms with Crippen LogP contribution in [0.5, 0.6) is 0 Å². The van der Waals surface area contributed by atoms with Crippen molar-refractivity contribution in [2.45, 2.75) is 6.54 Å². The Kier molecular flexibility index (Phi) is 2.78. The Morgan fingerprint density at radius 3 is 3.07 bits per heavy atom. The summed E-state index contributed by atoms with van der Waals surface area (Å²) < 4.78 is 2.60. The van der Waals surface area contributed by atoms with Crippen molar-refractivity contribution in [2.24, 2.45) is 0 Å². The molecule has 14 heavy (non-hydrogen) atoms. The Hall–Kier alpha value is -0.950. The minimum absolute atomic E-state index is 0.638. The van der Waals surface area contributed by atoms with Crippen molar-refractivity contribution in [2.75, 3.05) is 12.4 Å². The summed E-state index contributed by atoms with van der Waals surface area (Å²) in [7, 11) is 1.86. The van der Waals surface area contributed by atoms with Gasteiger partial charge in [0.05, 0.1) is 18.4 Å². The highest BCUT2D eigenvalue weighted by atomic mass is 79.9. The molecule has 1 N–H and O–H groups in total. The van der Waals surface area contributed by atoms with Crippen molar-refractivity contribution < 1.29 is 0 Å². The first-order valence-corrected chi connectivity index (χ1v) is 5.63. The molecule has 7 heteroatoms. The highest BCUT2D eigenvalue weighted by Gasteiger charge is 2.04. The third-order valence-corrected chi connectivity index (χ3v) is 3.17. The van der Waals surface area contributed by atoms with Crippen molar-refractivity contribution in [3.63, 3.8) is 0 Å². The molecule has 2 heterocycles. The van der Waals surface area contributed by atoms with Gasteiger partial charge >= 0.3 is 0 Å². The Labute approximate surface area is 93.3 Å². The van der Waals surface area contributed by atoms with Crippen LogP contribution in [0, 0.1) is 0 Å². The highest BCUT2D eigenvalue weighted by molar-refractivity contribution is 9.10. The second-order valence-corrected chi connectivity index (χ2v) is 4.28. The molecule has 0 atom stereocenters. The van der Waals surface area contributed by atoms with E-state index in [9.17, 15) is 0 Å². The molecule has 0 radical (unpaired) electrons. The SMILES string of the molecule is CNc1nc(Cn2nncc2Br)cs1. The van der Waals surface area contributed by atoms with Crippen LogP contribution in [0.1, 0.15) is 5.69 Å². The summed E-state index contributed by atoms with van der Waals surface area (Å²) in [5.74, 6) is 0. The van der Waals surface area contributed by atoms with E-state index < -0.39 is 0 Å². The van der Waals surface area contributed by atoms with Gasteiger partial charge in [-0.25, -0.2) is 9.67 Å². The highest BCUT2D eigenvalue weighted by Crippen LogP contribution is 2.16. The van der Waals surface area contributed by atoms with Crippen molar-refractivity contribution in [1.29, 1.82) is 0 Å². The zero-order valence-electron chi connectivity index (χ0n) is 7.44. The van der Waals surface area contributed by atoms with Crippen molar-refractivity contribution >= 4 is 32.4 Å². The summed E-state index contributed by atoms with van der Waals surface area (Å²) in [5, 5.41) is 13.6. The fourth-order valence-electron chi connectivity index (χ4n) is 1.00. The molecule has 0 aromatic carbocycles. The topological polar surface area (TPSA) is 55.6 Å². The van der Waals surface area contributed by atoms with E-state index in [1.807, 2.05) is 12.4 Å². The maximum absolute atomic E-state index is 4.34. The zero-order chi connectivity index (χ0) is 9.97. The van der Waals surface area contributed by atoms with Crippen molar-refractivity contribution in [1.82, 2.24) is 20.0 Å². The minimum atomic E-state index is 0.638. The molecule has 5 nitrogen and oxygen atoms in total. The first kappa shape index (κ1) is 9.60. The number of halogens is 1. The number of hydrogen-bond donors (Lipinski definition) is 1. The lowest BCUT2D eigenvalue weighted by Gasteiger charge is -1.97. The van der Waals surface area contributed by atoms with Crippen LogP contribution in [0.4, 0.5) is 5.13 Å². The standard InChI is InChI=1S/C7H8BrN5S/c1-9-7-11-5(4-14-7)3-13-6(8)2-10-12-13/h2,4H,3H2,1H3,(H,9,11). The smallest absolute Gasteiger partial charge is 0.182 e. The Morgan fingerprint density at radius 1 is 1.64 bits per heavy atom. The summed E-state index contributed by atoms with van der Waals surface area (Å²) in [6.45, 7) is 0.638. The molecule has 0 bridgehead atoms. The molecule has 2 aromatic rings. The number of nitrogens with one attached hydrogen (secondary N) is 1. The van der Waals surface area contributed by atoms with E-state index in [0.717, 1.165) is 15.4 Å². The van der Waals surface area contributed by atoms with Gasteiger partial charge in [0.2, 0.25) is 0 Å². The van der Waals surface area contributed by atoms with E-state index in [4.69, 9.17) is 0 Å². The van der Waals surface area contributed by atoms with Crippen molar-refractivity contribution in [3.05, 3.63) is 21.9 Å². The Bertz CT molecular complexity index is 423. The van der Waals surface area contributed by atoms with Crippen LogP contribution in [0.25, 0.3) is 0 Å². The van der Waals surface area contributed by atoms with Gasteiger partial charge in [-0.15, -0.1) is 16.4 Å². The fraction of sp³-hybridized carbons (Fsp3) is 0.286. The normalized spacial score (nSPS) is 10.4. The molecule has 0 aliphatic carbocycles. The van der Waals surface area contributed by atoms with Gasteiger partial charge in [0.25, 0.3) is 0 Å². The lowest BCUT2D eigenvalue weighted by molar-refractivity contribution is 0.630. The van der Waals surface area contributed by atoms with Crippen LogP contribution in [0.2, 0.25) is 0 Å². The average molecular weight is 274 g/mol. The molecule has 0 amide bonds. The van der Waals surface area contributed by atoms with Gasteiger partial charge < -0.3 is 5.32 Å². The monoisotopic (exact) mass is 273 g/mol. The van der Waals surface area contributed by atoms with Crippen LogP contribution in [-0.4, -0.2) is 27.0 Å². The third kappa shape index (κ3) is 1.93. The minimum Gasteiger partial charge on any atom is -0.365 e. The Balaban J connectivity index is 2.15. The zero-order valence-corrected chi connectivity index (χ0v) is 9.84. The van der Waals surface area contributed by atoms with Gasteiger partial charge in [0, 0.05) is 12.4 Å². The molecule has 0 aliphatic rings. The first-order valence-electron chi connectivity index (χ1n) is 3.95. The maximum atomic E-state index is 4.34. The molecule has 2 aromatic heterocycles. The van der Waals surface area contributed by atoms with Crippen LogP contribution in [0.15, 0.2) is 16.2 Å². The summed E-state index contributed by atoms with van der Waals surface area (Å²) in [4.78, 5) is 4.34. The second-order valence-electron chi connectivity index (χ2n) is 2.61. The molecule has 0 aliphatic heterocycles. The molecule has 0 fully saturated rings. The molecular weight excluding hydrogens is 266 g/mol. The van der Waals surface area contributed by atoms with Crippen LogP contribution >= 0.6 is 27.3 Å². The quantitative estimate of drug-likeness (QED) is 0.923. The van der Waals surface area contributed by atoms with E-state index in [0.29, 0.717) is 6.54 Å². The van der Waals surface area contributed by atoms with Gasteiger partial charge in [-0.3, -0.25) is 0 Å².